The van der Waals surface area contributed by atoms with E-state index in [1.54, 1.807) is 13.0 Å². The standard InChI is InChI=1S/C14H20ClNO2/c1-9-5-6-16(14(9)8-17)13-4-3-11(10(2)18)7-12(13)15/h3-4,7,9-10,14,17-18H,5-6,8H2,1-2H3. The zero-order valence-electron chi connectivity index (χ0n) is 10.8. The maximum atomic E-state index is 9.53. The van der Waals surface area contributed by atoms with Crippen LogP contribution in [-0.4, -0.2) is 29.4 Å². The Hall–Kier alpha value is -0.770. The molecular weight excluding hydrogens is 250 g/mol. The predicted octanol–water partition coefficient (Wildman–Crippen LogP) is 2.60. The molecule has 18 heavy (non-hydrogen) atoms. The van der Waals surface area contributed by atoms with E-state index in [0.717, 1.165) is 24.2 Å². The highest BCUT2D eigenvalue weighted by atomic mass is 35.5. The van der Waals surface area contributed by atoms with Gasteiger partial charge >= 0.3 is 0 Å². The van der Waals surface area contributed by atoms with Crippen molar-refractivity contribution < 1.29 is 10.2 Å². The lowest BCUT2D eigenvalue weighted by molar-refractivity contribution is 0.199. The predicted molar refractivity (Wildman–Crippen MR) is 74.1 cm³/mol. The van der Waals surface area contributed by atoms with E-state index in [1.165, 1.54) is 0 Å². The molecule has 1 heterocycles. The molecule has 2 N–H and O–H groups in total. The first-order chi connectivity index (χ1) is 8.54. The van der Waals surface area contributed by atoms with Gasteiger partial charge in [-0.05, 0) is 37.0 Å². The zero-order valence-corrected chi connectivity index (χ0v) is 11.6. The van der Waals surface area contributed by atoms with Crippen LogP contribution in [0.5, 0.6) is 0 Å². The lowest BCUT2D eigenvalue weighted by atomic mass is 10.0. The van der Waals surface area contributed by atoms with Crippen molar-refractivity contribution in [2.24, 2.45) is 5.92 Å². The third-order valence-electron chi connectivity index (χ3n) is 3.83. The summed E-state index contributed by atoms with van der Waals surface area (Å²) < 4.78 is 0. The number of hydrogen-bond acceptors (Lipinski definition) is 3. The molecule has 0 bridgehead atoms. The van der Waals surface area contributed by atoms with Gasteiger partial charge in [-0.1, -0.05) is 24.6 Å². The Balaban J connectivity index is 2.28. The molecular formula is C14H20ClNO2. The molecule has 4 heteroatoms. The molecule has 100 valence electrons. The van der Waals surface area contributed by atoms with Crippen molar-refractivity contribution >= 4 is 17.3 Å². The van der Waals surface area contributed by atoms with Gasteiger partial charge in [-0.15, -0.1) is 0 Å². The first-order valence-corrected chi connectivity index (χ1v) is 6.77. The fourth-order valence-corrected chi connectivity index (χ4v) is 2.90. The van der Waals surface area contributed by atoms with Crippen LogP contribution in [-0.2, 0) is 0 Å². The van der Waals surface area contributed by atoms with Crippen LogP contribution in [0.1, 0.15) is 31.9 Å². The van der Waals surface area contributed by atoms with Crippen molar-refractivity contribution in [1.82, 2.24) is 0 Å². The fraction of sp³-hybridized carbons (Fsp3) is 0.571. The van der Waals surface area contributed by atoms with Gasteiger partial charge in [0.2, 0.25) is 0 Å². The minimum absolute atomic E-state index is 0.139. The zero-order chi connectivity index (χ0) is 13.3. The number of hydrogen-bond donors (Lipinski definition) is 2. The Labute approximate surface area is 113 Å². The third-order valence-corrected chi connectivity index (χ3v) is 4.14. The molecule has 3 atom stereocenters. The largest absolute Gasteiger partial charge is 0.394 e. The second-order valence-electron chi connectivity index (χ2n) is 5.10. The van der Waals surface area contributed by atoms with E-state index in [4.69, 9.17) is 11.6 Å². The summed E-state index contributed by atoms with van der Waals surface area (Å²) in [5.41, 5.74) is 1.76. The first-order valence-electron chi connectivity index (χ1n) is 6.39. The Bertz CT molecular complexity index is 422. The van der Waals surface area contributed by atoms with Crippen LogP contribution in [0.3, 0.4) is 0 Å². The van der Waals surface area contributed by atoms with Crippen LogP contribution in [0.25, 0.3) is 0 Å². The highest BCUT2D eigenvalue weighted by Crippen LogP contribution is 2.35. The van der Waals surface area contributed by atoms with Gasteiger partial charge in [0.25, 0.3) is 0 Å². The highest BCUT2D eigenvalue weighted by Gasteiger charge is 2.31. The third kappa shape index (κ3) is 2.48. The summed E-state index contributed by atoms with van der Waals surface area (Å²) in [7, 11) is 0. The maximum absolute atomic E-state index is 9.53. The molecule has 0 saturated carbocycles. The van der Waals surface area contributed by atoms with E-state index in [2.05, 4.69) is 11.8 Å². The number of rotatable bonds is 3. The SMILES string of the molecule is CC(O)c1ccc(N2CCC(C)C2CO)c(Cl)c1. The molecule has 1 saturated heterocycles. The molecule has 1 fully saturated rings. The normalized spacial score (nSPS) is 25.5. The van der Waals surface area contributed by atoms with Crippen molar-refractivity contribution in [3.63, 3.8) is 0 Å². The summed E-state index contributed by atoms with van der Waals surface area (Å²) >= 11 is 6.29. The van der Waals surface area contributed by atoms with Gasteiger partial charge in [0.1, 0.15) is 0 Å². The molecule has 0 aromatic heterocycles. The molecule has 1 aliphatic heterocycles. The summed E-state index contributed by atoms with van der Waals surface area (Å²) in [5.74, 6) is 0.475. The molecule has 2 rings (SSSR count). The Morgan fingerprint density at radius 3 is 2.78 bits per heavy atom. The van der Waals surface area contributed by atoms with Crippen molar-refractivity contribution in [1.29, 1.82) is 0 Å². The molecule has 0 aliphatic carbocycles. The van der Waals surface area contributed by atoms with Gasteiger partial charge in [0.05, 0.1) is 29.5 Å². The van der Waals surface area contributed by atoms with E-state index in [9.17, 15) is 10.2 Å². The van der Waals surface area contributed by atoms with Crippen LogP contribution in [0.15, 0.2) is 18.2 Å². The second-order valence-corrected chi connectivity index (χ2v) is 5.50. The van der Waals surface area contributed by atoms with Crippen LogP contribution in [0.2, 0.25) is 5.02 Å². The van der Waals surface area contributed by atoms with Gasteiger partial charge in [-0.2, -0.15) is 0 Å². The summed E-state index contributed by atoms with van der Waals surface area (Å²) in [4.78, 5) is 2.17. The number of nitrogens with zero attached hydrogens (tertiary/aromatic N) is 1. The Morgan fingerprint density at radius 1 is 1.50 bits per heavy atom. The van der Waals surface area contributed by atoms with Crippen LogP contribution >= 0.6 is 11.6 Å². The van der Waals surface area contributed by atoms with E-state index >= 15 is 0 Å². The van der Waals surface area contributed by atoms with E-state index in [1.807, 2.05) is 12.1 Å². The number of aliphatic hydroxyl groups is 2. The van der Waals surface area contributed by atoms with E-state index < -0.39 is 6.10 Å². The molecule has 1 aromatic rings. The first kappa shape index (κ1) is 13.7. The van der Waals surface area contributed by atoms with E-state index in [-0.39, 0.29) is 12.6 Å². The quantitative estimate of drug-likeness (QED) is 0.887. The average molecular weight is 270 g/mol. The topological polar surface area (TPSA) is 43.7 Å². The summed E-state index contributed by atoms with van der Waals surface area (Å²) in [6.07, 6.45) is 0.558. The lowest BCUT2D eigenvalue weighted by Gasteiger charge is -2.28. The van der Waals surface area contributed by atoms with Crippen molar-refractivity contribution in [3.05, 3.63) is 28.8 Å². The summed E-state index contributed by atoms with van der Waals surface area (Å²) in [5, 5.41) is 19.6. The maximum Gasteiger partial charge on any atom is 0.0762 e. The number of halogens is 1. The second kappa shape index (κ2) is 5.47. The van der Waals surface area contributed by atoms with Gasteiger partial charge in [-0.3, -0.25) is 0 Å². The minimum atomic E-state index is -0.511. The van der Waals surface area contributed by atoms with Crippen LogP contribution in [0.4, 0.5) is 5.69 Å². The average Bonchev–Trinajstić information content (AvgIpc) is 2.70. The molecule has 0 amide bonds. The molecule has 1 aliphatic rings. The number of benzene rings is 1. The smallest absolute Gasteiger partial charge is 0.0762 e. The van der Waals surface area contributed by atoms with Crippen molar-refractivity contribution in [3.8, 4) is 0 Å². The fourth-order valence-electron chi connectivity index (χ4n) is 2.60. The molecule has 1 aromatic carbocycles. The molecule has 3 nitrogen and oxygen atoms in total. The van der Waals surface area contributed by atoms with Crippen molar-refractivity contribution in [2.75, 3.05) is 18.1 Å². The molecule has 3 unspecified atom stereocenters. The highest BCUT2D eigenvalue weighted by molar-refractivity contribution is 6.33. The number of aliphatic hydroxyl groups excluding tert-OH is 2. The van der Waals surface area contributed by atoms with Gasteiger partial charge in [0, 0.05) is 6.54 Å². The molecule has 0 spiro atoms. The Kier molecular flexibility index (Phi) is 4.15. The minimum Gasteiger partial charge on any atom is -0.394 e. The van der Waals surface area contributed by atoms with Gasteiger partial charge in [-0.25, -0.2) is 0 Å². The summed E-state index contributed by atoms with van der Waals surface area (Å²) in [6.45, 7) is 4.94. The molecule has 0 radical (unpaired) electrons. The van der Waals surface area contributed by atoms with Crippen molar-refractivity contribution in [2.45, 2.75) is 32.4 Å². The Morgan fingerprint density at radius 2 is 2.22 bits per heavy atom. The lowest BCUT2D eigenvalue weighted by Crippen LogP contribution is -2.35. The summed E-state index contributed by atoms with van der Waals surface area (Å²) in [6, 6.07) is 5.77. The number of anilines is 1. The van der Waals surface area contributed by atoms with Crippen LogP contribution < -0.4 is 4.90 Å². The van der Waals surface area contributed by atoms with Crippen LogP contribution in [0, 0.1) is 5.92 Å². The van der Waals surface area contributed by atoms with Gasteiger partial charge in [0.15, 0.2) is 0 Å². The van der Waals surface area contributed by atoms with E-state index in [0.29, 0.717) is 10.9 Å². The van der Waals surface area contributed by atoms with Gasteiger partial charge < -0.3 is 15.1 Å². The monoisotopic (exact) mass is 269 g/mol.